The summed E-state index contributed by atoms with van der Waals surface area (Å²) in [4.78, 5) is 0. The Bertz CT molecular complexity index is 804. The highest BCUT2D eigenvalue weighted by molar-refractivity contribution is 5.43. The van der Waals surface area contributed by atoms with Crippen molar-refractivity contribution >= 4 is 0 Å². The minimum absolute atomic E-state index is 0.231. The molecule has 6 heteroatoms. The molecule has 0 atom stereocenters. The maximum Gasteiger partial charge on any atom is 0.194 e. The number of ether oxygens (including phenoxy) is 1. The van der Waals surface area contributed by atoms with Crippen molar-refractivity contribution in [2.75, 3.05) is 0 Å². The Hall–Kier alpha value is -2.76. The summed E-state index contributed by atoms with van der Waals surface area (Å²) in [5.41, 5.74) is 4.03. The van der Waals surface area contributed by atoms with E-state index >= 15 is 0 Å². The third-order valence-corrected chi connectivity index (χ3v) is 3.56. The van der Waals surface area contributed by atoms with Crippen molar-refractivity contribution in [2.24, 2.45) is 0 Å². The molecular formula is C17H17FN4O. The van der Waals surface area contributed by atoms with Crippen LogP contribution in [0.15, 0.2) is 36.4 Å². The van der Waals surface area contributed by atoms with Gasteiger partial charge >= 0.3 is 0 Å². The summed E-state index contributed by atoms with van der Waals surface area (Å²) in [6, 6.07) is 10.1. The van der Waals surface area contributed by atoms with Crippen molar-refractivity contribution in [3.63, 3.8) is 0 Å². The number of aryl methyl sites for hydroxylation is 3. The lowest BCUT2D eigenvalue weighted by atomic mass is 10.1. The fourth-order valence-electron chi connectivity index (χ4n) is 2.61. The molecule has 0 spiro atoms. The van der Waals surface area contributed by atoms with E-state index in [1.54, 1.807) is 12.1 Å². The SMILES string of the molecule is Cc1cc(C)c(OCc2nnnn2-c2ccc(F)cc2)c(C)c1. The molecule has 0 saturated carbocycles. The second kappa shape index (κ2) is 6.16. The van der Waals surface area contributed by atoms with Gasteiger partial charge in [-0.1, -0.05) is 17.7 Å². The molecule has 0 N–H and O–H groups in total. The van der Waals surface area contributed by atoms with Crippen LogP contribution < -0.4 is 4.74 Å². The molecule has 0 saturated heterocycles. The van der Waals surface area contributed by atoms with Gasteiger partial charge in [-0.3, -0.25) is 0 Å². The lowest BCUT2D eigenvalue weighted by Crippen LogP contribution is -2.08. The lowest BCUT2D eigenvalue weighted by Gasteiger charge is -2.13. The number of hydrogen-bond acceptors (Lipinski definition) is 4. The topological polar surface area (TPSA) is 52.8 Å². The molecule has 0 radical (unpaired) electrons. The van der Waals surface area contributed by atoms with Gasteiger partial charge in [0, 0.05) is 0 Å². The summed E-state index contributed by atoms with van der Waals surface area (Å²) in [5.74, 6) is 1.09. The number of hydrogen-bond donors (Lipinski definition) is 0. The van der Waals surface area contributed by atoms with Crippen molar-refractivity contribution < 1.29 is 9.13 Å². The van der Waals surface area contributed by atoms with E-state index < -0.39 is 0 Å². The van der Waals surface area contributed by atoms with E-state index in [0.29, 0.717) is 11.5 Å². The fraction of sp³-hybridized carbons (Fsp3) is 0.235. The highest BCUT2D eigenvalue weighted by Gasteiger charge is 2.11. The highest BCUT2D eigenvalue weighted by atomic mass is 19.1. The first-order valence-corrected chi connectivity index (χ1v) is 7.28. The number of nitrogens with zero attached hydrogens (tertiary/aromatic N) is 4. The maximum atomic E-state index is 13.0. The van der Waals surface area contributed by atoms with E-state index in [1.807, 2.05) is 13.8 Å². The van der Waals surface area contributed by atoms with Gasteiger partial charge in [0.15, 0.2) is 5.82 Å². The molecule has 0 aliphatic carbocycles. The Kier molecular flexibility index (Phi) is 4.06. The maximum absolute atomic E-state index is 13.0. The Morgan fingerprint density at radius 2 is 1.70 bits per heavy atom. The number of rotatable bonds is 4. The van der Waals surface area contributed by atoms with Crippen LogP contribution in [-0.2, 0) is 6.61 Å². The molecule has 0 bridgehead atoms. The zero-order valence-corrected chi connectivity index (χ0v) is 13.2. The molecular weight excluding hydrogens is 295 g/mol. The molecule has 0 aliphatic rings. The monoisotopic (exact) mass is 312 g/mol. The van der Waals surface area contributed by atoms with Crippen LogP contribution in [0.3, 0.4) is 0 Å². The van der Waals surface area contributed by atoms with Crippen LogP contribution in [0.4, 0.5) is 4.39 Å². The Morgan fingerprint density at radius 3 is 2.35 bits per heavy atom. The molecule has 2 aromatic carbocycles. The zero-order chi connectivity index (χ0) is 16.4. The third kappa shape index (κ3) is 3.21. The van der Waals surface area contributed by atoms with Crippen molar-refractivity contribution in [3.8, 4) is 11.4 Å². The summed E-state index contributed by atoms with van der Waals surface area (Å²) in [6.45, 7) is 6.31. The summed E-state index contributed by atoms with van der Waals surface area (Å²) >= 11 is 0. The van der Waals surface area contributed by atoms with E-state index in [2.05, 4.69) is 34.6 Å². The van der Waals surface area contributed by atoms with E-state index in [-0.39, 0.29) is 12.4 Å². The summed E-state index contributed by atoms with van der Waals surface area (Å²) < 4.78 is 20.5. The van der Waals surface area contributed by atoms with Crippen molar-refractivity contribution in [1.29, 1.82) is 0 Å². The van der Waals surface area contributed by atoms with Gasteiger partial charge in [-0.05, 0) is 66.6 Å². The highest BCUT2D eigenvalue weighted by Crippen LogP contribution is 2.25. The standard InChI is InChI=1S/C17H17FN4O/c1-11-8-12(2)17(13(3)9-11)23-10-16-19-20-21-22(16)15-6-4-14(18)5-7-15/h4-9H,10H2,1-3H3. The molecule has 0 aliphatic heterocycles. The predicted molar refractivity (Wildman–Crippen MR) is 84.1 cm³/mol. The average molecular weight is 312 g/mol. The molecule has 3 rings (SSSR count). The van der Waals surface area contributed by atoms with E-state index in [9.17, 15) is 4.39 Å². The number of aromatic nitrogens is 4. The van der Waals surface area contributed by atoms with Gasteiger partial charge in [0.1, 0.15) is 18.2 Å². The number of halogens is 1. The van der Waals surface area contributed by atoms with Crippen LogP contribution in [-0.4, -0.2) is 20.2 Å². The first-order chi connectivity index (χ1) is 11.0. The second-order valence-corrected chi connectivity index (χ2v) is 5.50. The third-order valence-electron chi connectivity index (χ3n) is 3.56. The van der Waals surface area contributed by atoms with Crippen molar-refractivity contribution in [2.45, 2.75) is 27.4 Å². The Labute approximate surface area is 133 Å². The first-order valence-electron chi connectivity index (χ1n) is 7.28. The van der Waals surface area contributed by atoms with Crippen molar-refractivity contribution in [3.05, 3.63) is 64.7 Å². The Morgan fingerprint density at radius 1 is 1.04 bits per heavy atom. The summed E-state index contributed by atoms with van der Waals surface area (Å²) in [6.07, 6.45) is 0. The molecule has 0 fully saturated rings. The van der Waals surface area contributed by atoms with Gasteiger partial charge in [0.25, 0.3) is 0 Å². The predicted octanol–water partition coefficient (Wildman–Crippen LogP) is 3.31. The minimum atomic E-state index is -0.300. The minimum Gasteiger partial charge on any atom is -0.485 e. The quantitative estimate of drug-likeness (QED) is 0.741. The Balaban J connectivity index is 1.83. The molecule has 1 aromatic heterocycles. The van der Waals surface area contributed by atoms with Gasteiger partial charge in [-0.2, -0.15) is 4.68 Å². The van der Waals surface area contributed by atoms with E-state index in [0.717, 1.165) is 16.9 Å². The molecule has 118 valence electrons. The lowest BCUT2D eigenvalue weighted by molar-refractivity contribution is 0.288. The van der Waals surface area contributed by atoms with Gasteiger partial charge in [0.05, 0.1) is 5.69 Å². The van der Waals surface area contributed by atoms with Gasteiger partial charge < -0.3 is 4.74 Å². The molecule has 5 nitrogen and oxygen atoms in total. The van der Waals surface area contributed by atoms with Crippen LogP contribution in [0.25, 0.3) is 5.69 Å². The number of benzene rings is 2. The number of tetrazole rings is 1. The molecule has 1 heterocycles. The van der Waals surface area contributed by atoms with Gasteiger partial charge in [-0.15, -0.1) is 5.10 Å². The zero-order valence-electron chi connectivity index (χ0n) is 13.2. The van der Waals surface area contributed by atoms with Gasteiger partial charge in [-0.25, -0.2) is 4.39 Å². The normalized spacial score (nSPS) is 10.8. The second-order valence-electron chi connectivity index (χ2n) is 5.50. The van der Waals surface area contributed by atoms with Crippen LogP contribution in [0.2, 0.25) is 0 Å². The van der Waals surface area contributed by atoms with Gasteiger partial charge in [0.2, 0.25) is 0 Å². The van der Waals surface area contributed by atoms with Crippen LogP contribution in [0, 0.1) is 26.6 Å². The van der Waals surface area contributed by atoms with Crippen LogP contribution in [0.1, 0.15) is 22.5 Å². The van der Waals surface area contributed by atoms with E-state index in [4.69, 9.17) is 4.74 Å². The smallest absolute Gasteiger partial charge is 0.194 e. The summed E-state index contributed by atoms with van der Waals surface area (Å²) in [7, 11) is 0. The average Bonchev–Trinajstić information content (AvgIpc) is 2.95. The van der Waals surface area contributed by atoms with E-state index in [1.165, 1.54) is 22.4 Å². The first kappa shape index (κ1) is 15.1. The van der Waals surface area contributed by atoms with Crippen LogP contribution in [0.5, 0.6) is 5.75 Å². The molecule has 3 aromatic rings. The van der Waals surface area contributed by atoms with Crippen molar-refractivity contribution in [1.82, 2.24) is 20.2 Å². The largest absolute Gasteiger partial charge is 0.485 e. The summed E-state index contributed by atoms with van der Waals surface area (Å²) in [5, 5.41) is 11.6. The molecule has 23 heavy (non-hydrogen) atoms. The fourth-order valence-corrected chi connectivity index (χ4v) is 2.61. The van der Waals surface area contributed by atoms with Crippen LogP contribution >= 0.6 is 0 Å². The molecule has 0 amide bonds. The molecule has 0 unspecified atom stereocenters.